The number of carbonyl (C=O) groups excluding carboxylic acids is 1. The molecule has 4 heteroatoms. The normalized spacial score (nSPS) is 11.9. The number of ketones is 1. The topological polar surface area (TPSA) is 57.6 Å². The molecule has 4 nitrogen and oxygen atoms in total. The molecule has 0 heterocycles. The van der Waals surface area contributed by atoms with Crippen molar-refractivity contribution in [1.82, 2.24) is 4.90 Å². The molecule has 1 unspecified atom stereocenters. The van der Waals surface area contributed by atoms with Gasteiger partial charge in [-0.3, -0.25) is 4.79 Å². The third kappa shape index (κ3) is 3.90. The Balaban J connectivity index is 2.77. The van der Waals surface area contributed by atoms with Crippen LogP contribution in [0.15, 0.2) is 30.3 Å². The SMILES string of the molecule is CC(=O)CCN(C(=O)O)C(C)c1ccccc1. The van der Waals surface area contributed by atoms with Crippen molar-refractivity contribution in [1.29, 1.82) is 0 Å². The van der Waals surface area contributed by atoms with E-state index in [1.54, 1.807) is 0 Å². The Hall–Kier alpha value is -1.84. The molecule has 0 spiro atoms. The largest absolute Gasteiger partial charge is 0.465 e. The number of carbonyl (C=O) groups is 2. The molecule has 0 saturated carbocycles. The number of hydrogen-bond donors (Lipinski definition) is 1. The van der Waals surface area contributed by atoms with Crippen molar-refractivity contribution in [3.8, 4) is 0 Å². The number of benzene rings is 1. The molecule has 1 atom stereocenters. The third-order valence-corrected chi connectivity index (χ3v) is 2.70. The summed E-state index contributed by atoms with van der Waals surface area (Å²) in [7, 11) is 0. The first kappa shape index (κ1) is 13.2. The van der Waals surface area contributed by atoms with E-state index >= 15 is 0 Å². The summed E-state index contributed by atoms with van der Waals surface area (Å²) in [5.74, 6) is -0.00323. The second-order valence-electron chi connectivity index (χ2n) is 4.01. The Morgan fingerprint density at radius 2 is 1.88 bits per heavy atom. The molecule has 0 saturated heterocycles. The van der Waals surface area contributed by atoms with Crippen LogP contribution in [0.5, 0.6) is 0 Å². The van der Waals surface area contributed by atoms with Gasteiger partial charge in [0, 0.05) is 13.0 Å². The maximum absolute atomic E-state index is 11.1. The second kappa shape index (κ2) is 6.03. The maximum atomic E-state index is 11.1. The molecule has 0 aromatic heterocycles. The first-order chi connectivity index (χ1) is 8.02. The van der Waals surface area contributed by atoms with Crippen molar-refractivity contribution >= 4 is 11.9 Å². The summed E-state index contributed by atoms with van der Waals surface area (Å²) in [6, 6.07) is 9.15. The van der Waals surface area contributed by atoms with Gasteiger partial charge in [0.1, 0.15) is 5.78 Å². The number of rotatable bonds is 5. The lowest BCUT2D eigenvalue weighted by Gasteiger charge is -2.26. The number of carboxylic acid groups (broad SMARTS) is 1. The third-order valence-electron chi connectivity index (χ3n) is 2.70. The summed E-state index contributed by atoms with van der Waals surface area (Å²) in [6.45, 7) is 3.53. The van der Waals surface area contributed by atoms with Crippen molar-refractivity contribution < 1.29 is 14.7 Å². The maximum Gasteiger partial charge on any atom is 0.407 e. The zero-order chi connectivity index (χ0) is 12.8. The molecular formula is C13H17NO3. The van der Waals surface area contributed by atoms with Gasteiger partial charge < -0.3 is 10.0 Å². The van der Waals surface area contributed by atoms with Crippen LogP contribution < -0.4 is 0 Å². The lowest BCUT2D eigenvalue weighted by Crippen LogP contribution is -2.33. The molecule has 1 amide bonds. The van der Waals surface area contributed by atoms with E-state index in [1.165, 1.54) is 11.8 Å². The smallest absolute Gasteiger partial charge is 0.407 e. The molecule has 0 radical (unpaired) electrons. The van der Waals surface area contributed by atoms with Crippen LogP contribution in [-0.4, -0.2) is 28.4 Å². The molecule has 0 bridgehead atoms. The zero-order valence-electron chi connectivity index (χ0n) is 10.1. The highest BCUT2D eigenvalue weighted by atomic mass is 16.4. The van der Waals surface area contributed by atoms with Crippen molar-refractivity contribution in [3.63, 3.8) is 0 Å². The molecule has 1 aromatic carbocycles. The monoisotopic (exact) mass is 235 g/mol. The lowest BCUT2D eigenvalue weighted by molar-refractivity contribution is -0.117. The highest BCUT2D eigenvalue weighted by Gasteiger charge is 2.20. The molecule has 1 N–H and O–H groups in total. The van der Waals surface area contributed by atoms with Gasteiger partial charge in [-0.15, -0.1) is 0 Å². The molecule has 17 heavy (non-hydrogen) atoms. The molecule has 0 fully saturated rings. The van der Waals surface area contributed by atoms with Crippen LogP contribution in [-0.2, 0) is 4.79 Å². The standard InChI is InChI=1S/C13H17NO3/c1-10(15)8-9-14(13(16)17)11(2)12-6-4-3-5-7-12/h3-7,11H,8-9H2,1-2H3,(H,16,17). The van der Waals surface area contributed by atoms with Gasteiger partial charge in [-0.2, -0.15) is 0 Å². The quantitative estimate of drug-likeness (QED) is 0.853. The van der Waals surface area contributed by atoms with Gasteiger partial charge in [0.05, 0.1) is 6.04 Å². The molecule has 1 rings (SSSR count). The minimum absolute atomic E-state index is 0.00323. The Kier molecular flexibility index (Phi) is 4.69. The average Bonchev–Trinajstić information content (AvgIpc) is 2.29. The van der Waals surface area contributed by atoms with Crippen LogP contribution >= 0.6 is 0 Å². The van der Waals surface area contributed by atoms with E-state index in [0.29, 0.717) is 0 Å². The molecule has 1 aromatic rings. The minimum atomic E-state index is -0.998. The van der Waals surface area contributed by atoms with E-state index in [2.05, 4.69) is 0 Å². The number of Topliss-reactive ketones (excluding diaryl/α,β-unsaturated/α-hetero) is 1. The van der Waals surface area contributed by atoms with Gasteiger partial charge in [-0.1, -0.05) is 30.3 Å². The van der Waals surface area contributed by atoms with Crippen LogP contribution in [0, 0.1) is 0 Å². The van der Waals surface area contributed by atoms with Gasteiger partial charge in [0.2, 0.25) is 0 Å². The predicted molar refractivity (Wildman–Crippen MR) is 64.9 cm³/mol. The summed E-state index contributed by atoms with van der Waals surface area (Å²) < 4.78 is 0. The predicted octanol–water partition coefficient (Wildman–Crippen LogP) is 2.71. The fraction of sp³-hybridized carbons (Fsp3) is 0.385. The van der Waals surface area contributed by atoms with Crippen LogP contribution in [0.4, 0.5) is 4.79 Å². The summed E-state index contributed by atoms with van der Waals surface area (Å²) in [4.78, 5) is 23.3. The molecule has 0 aliphatic carbocycles. The van der Waals surface area contributed by atoms with Crippen LogP contribution in [0.2, 0.25) is 0 Å². The zero-order valence-corrected chi connectivity index (χ0v) is 10.1. The van der Waals surface area contributed by atoms with Crippen molar-refractivity contribution in [3.05, 3.63) is 35.9 Å². The summed E-state index contributed by atoms with van der Waals surface area (Å²) in [5.41, 5.74) is 0.929. The van der Waals surface area contributed by atoms with Crippen LogP contribution in [0.25, 0.3) is 0 Å². The van der Waals surface area contributed by atoms with E-state index in [1.807, 2.05) is 37.3 Å². The number of hydrogen-bond acceptors (Lipinski definition) is 2. The molecular weight excluding hydrogens is 218 g/mol. The van der Waals surface area contributed by atoms with Gasteiger partial charge in [-0.25, -0.2) is 4.79 Å². The Labute approximate surface area is 101 Å². The second-order valence-corrected chi connectivity index (χ2v) is 4.01. The minimum Gasteiger partial charge on any atom is -0.465 e. The van der Waals surface area contributed by atoms with E-state index in [9.17, 15) is 9.59 Å². The Morgan fingerprint density at radius 1 is 1.29 bits per heavy atom. The van der Waals surface area contributed by atoms with Crippen molar-refractivity contribution in [2.45, 2.75) is 26.3 Å². The van der Waals surface area contributed by atoms with E-state index in [-0.39, 0.29) is 24.8 Å². The highest BCUT2D eigenvalue weighted by Crippen LogP contribution is 2.20. The first-order valence-electron chi connectivity index (χ1n) is 5.56. The van der Waals surface area contributed by atoms with E-state index < -0.39 is 6.09 Å². The van der Waals surface area contributed by atoms with Crippen molar-refractivity contribution in [2.24, 2.45) is 0 Å². The fourth-order valence-electron chi connectivity index (χ4n) is 1.64. The lowest BCUT2D eigenvalue weighted by atomic mass is 10.1. The van der Waals surface area contributed by atoms with Crippen LogP contribution in [0.1, 0.15) is 31.9 Å². The van der Waals surface area contributed by atoms with E-state index in [4.69, 9.17) is 5.11 Å². The summed E-state index contributed by atoms with van der Waals surface area (Å²) in [6.07, 6.45) is -0.744. The summed E-state index contributed by atoms with van der Waals surface area (Å²) in [5, 5.41) is 9.13. The van der Waals surface area contributed by atoms with Gasteiger partial charge in [0.25, 0.3) is 0 Å². The first-order valence-corrected chi connectivity index (χ1v) is 5.56. The Morgan fingerprint density at radius 3 is 2.35 bits per heavy atom. The number of nitrogens with zero attached hydrogens (tertiary/aromatic N) is 1. The molecule has 0 aliphatic heterocycles. The van der Waals surface area contributed by atoms with Gasteiger partial charge >= 0.3 is 6.09 Å². The Bertz CT molecular complexity index is 389. The van der Waals surface area contributed by atoms with Crippen molar-refractivity contribution in [2.75, 3.05) is 6.54 Å². The average molecular weight is 235 g/mol. The molecule has 92 valence electrons. The van der Waals surface area contributed by atoms with Crippen LogP contribution in [0.3, 0.4) is 0 Å². The molecule has 0 aliphatic rings. The fourth-order valence-corrected chi connectivity index (χ4v) is 1.64. The van der Waals surface area contributed by atoms with E-state index in [0.717, 1.165) is 5.56 Å². The number of amides is 1. The summed E-state index contributed by atoms with van der Waals surface area (Å²) >= 11 is 0. The van der Waals surface area contributed by atoms with Gasteiger partial charge in [0.15, 0.2) is 0 Å². The highest BCUT2D eigenvalue weighted by molar-refractivity contribution is 5.76. The van der Waals surface area contributed by atoms with Gasteiger partial charge in [-0.05, 0) is 19.4 Å².